The van der Waals surface area contributed by atoms with Gasteiger partial charge in [-0.3, -0.25) is 24.1 Å². The number of carbonyl (C=O) groups is 4. The Kier molecular flexibility index (Phi) is 10.3. The van der Waals surface area contributed by atoms with Crippen LogP contribution in [0.1, 0.15) is 31.4 Å². The van der Waals surface area contributed by atoms with Crippen molar-refractivity contribution < 1.29 is 38.9 Å². The molecule has 2 fully saturated rings. The van der Waals surface area contributed by atoms with Crippen LogP contribution >= 0.6 is 0 Å². The first kappa shape index (κ1) is 31.1. The van der Waals surface area contributed by atoms with Gasteiger partial charge in [-0.15, -0.1) is 0 Å². The zero-order valence-corrected chi connectivity index (χ0v) is 24.0. The number of epoxide rings is 1. The number of amides is 2. The molecule has 2 aromatic carbocycles. The minimum absolute atomic E-state index is 0.0296. The van der Waals surface area contributed by atoms with Gasteiger partial charge in [-0.1, -0.05) is 36.4 Å². The quantitative estimate of drug-likeness (QED) is 0.240. The van der Waals surface area contributed by atoms with Gasteiger partial charge in [0.25, 0.3) is 0 Å². The van der Waals surface area contributed by atoms with E-state index in [9.17, 15) is 29.4 Å². The molecule has 2 aromatic rings. The Morgan fingerprint density at radius 1 is 1.00 bits per heavy atom. The van der Waals surface area contributed by atoms with E-state index in [1.165, 1.54) is 12.1 Å². The first-order chi connectivity index (χ1) is 20.0. The van der Waals surface area contributed by atoms with E-state index in [0.29, 0.717) is 31.9 Å². The highest BCUT2D eigenvalue weighted by atomic mass is 16.6. The number of phenols is 2. The predicted octanol–water partition coefficient (Wildman–Crippen LogP) is 1.14. The average molecular weight is 582 g/mol. The van der Waals surface area contributed by atoms with Gasteiger partial charge in [-0.25, -0.2) is 0 Å². The summed E-state index contributed by atoms with van der Waals surface area (Å²) in [5, 5.41) is 25.7. The van der Waals surface area contributed by atoms with Crippen LogP contribution in [0.25, 0.3) is 0 Å². The molecule has 2 saturated heterocycles. The zero-order chi connectivity index (χ0) is 30.3. The number of benzene rings is 2. The van der Waals surface area contributed by atoms with Crippen LogP contribution in [0.5, 0.6) is 11.5 Å². The number of aromatic hydroxyl groups is 2. The third-order valence-corrected chi connectivity index (χ3v) is 7.70. The molecule has 0 bridgehead atoms. The molecule has 2 aliphatic heterocycles. The lowest BCUT2D eigenvalue weighted by Crippen LogP contribution is -2.50. The van der Waals surface area contributed by atoms with Crippen LogP contribution in [0.4, 0.5) is 0 Å². The van der Waals surface area contributed by atoms with Crippen molar-refractivity contribution in [2.45, 2.75) is 50.8 Å². The van der Waals surface area contributed by atoms with Gasteiger partial charge in [-0.05, 0) is 43.9 Å². The van der Waals surface area contributed by atoms with E-state index >= 15 is 0 Å². The summed E-state index contributed by atoms with van der Waals surface area (Å²) in [6.45, 7) is 5.98. The maximum absolute atomic E-state index is 13.7. The van der Waals surface area contributed by atoms with Gasteiger partial charge in [0.1, 0.15) is 17.1 Å². The van der Waals surface area contributed by atoms with Crippen LogP contribution in [0.15, 0.2) is 48.5 Å². The van der Waals surface area contributed by atoms with E-state index < -0.39 is 29.5 Å². The van der Waals surface area contributed by atoms with Gasteiger partial charge >= 0.3 is 0 Å². The lowest BCUT2D eigenvalue weighted by atomic mass is 9.89. The Bertz CT molecular complexity index is 1270. The lowest BCUT2D eigenvalue weighted by Gasteiger charge is -2.27. The Hall–Kier alpha value is -3.80. The molecule has 0 aromatic heterocycles. The second kappa shape index (κ2) is 13.9. The van der Waals surface area contributed by atoms with Crippen LogP contribution in [-0.2, 0) is 41.5 Å². The molecule has 0 saturated carbocycles. The molecule has 2 amide bonds. The molecule has 11 heteroatoms. The molecule has 4 rings (SSSR count). The van der Waals surface area contributed by atoms with Crippen molar-refractivity contribution in [2.24, 2.45) is 5.92 Å². The molecule has 0 radical (unpaired) electrons. The smallest absolute Gasteiger partial charge is 0.234 e. The molecular formula is C31H39N3O8. The monoisotopic (exact) mass is 581 g/mol. The number of hydrogen-bond acceptors (Lipinski definition) is 9. The number of ketones is 2. The molecule has 4 atom stereocenters. The Morgan fingerprint density at radius 3 is 2.33 bits per heavy atom. The van der Waals surface area contributed by atoms with E-state index in [4.69, 9.17) is 9.47 Å². The Balaban J connectivity index is 1.48. The van der Waals surface area contributed by atoms with Crippen LogP contribution in [0.3, 0.4) is 0 Å². The maximum Gasteiger partial charge on any atom is 0.234 e. The van der Waals surface area contributed by atoms with Crippen LogP contribution in [0, 0.1) is 5.92 Å². The maximum atomic E-state index is 13.7. The molecule has 0 aliphatic carbocycles. The number of ether oxygens (including phenoxy) is 2. The number of phenolic OH excluding ortho intramolecular Hbond substituents is 2. The topological polar surface area (TPSA) is 158 Å². The predicted molar refractivity (Wildman–Crippen MR) is 153 cm³/mol. The molecule has 4 N–H and O–H groups in total. The summed E-state index contributed by atoms with van der Waals surface area (Å²) in [5.74, 6) is -2.81. The summed E-state index contributed by atoms with van der Waals surface area (Å²) >= 11 is 0. The van der Waals surface area contributed by atoms with Crippen molar-refractivity contribution in [3.63, 3.8) is 0 Å². The highest BCUT2D eigenvalue weighted by Crippen LogP contribution is 2.30. The summed E-state index contributed by atoms with van der Waals surface area (Å²) in [5.41, 5.74) is 0.223. The van der Waals surface area contributed by atoms with E-state index in [2.05, 4.69) is 10.6 Å². The van der Waals surface area contributed by atoms with Crippen LogP contribution in [0.2, 0.25) is 0 Å². The number of Topliss-reactive ketones (excluding diaryl/α,β-unsaturated/α-hetero) is 2. The van der Waals surface area contributed by atoms with Crippen molar-refractivity contribution in [2.75, 3.05) is 39.5 Å². The van der Waals surface area contributed by atoms with Gasteiger partial charge in [0.2, 0.25) is 11.8 Å². The lowest BCUT2D eigenvalue weighted by molar-refractivity contribution is -0.134. The third kappa shape index (κ3) is 8.60. The SMILES string of the molecule is C[C@H](NC(=O)CN1CCOCC1)C(=O)C[C@@H](Cc1ccc(O)cc1O)C(=O)N[C@@H](Cc1ccccc1)C(=O)[C@@]1(C)CO1. The number of hydrogen-bond donors (Lipinski definition) is 4. The van der Waals surface area contributed by atoms with E-state index in [1.807, 2.05) is 35.2 Å². The van der Waals surface area contributed by atoms with Crippen molar-refractivity contribution in [3.8, 4) is 11.5 Å². The highest BCUT2D eigenvalue weighted by Gasteiger charge is 2.50. The van der Waals surface area contributed by atoms with Gasteiger partial charge in [-0.2, -0.15) is 0 Å². The molecule has 42 heavy (non-hydrogen) atoms. The average Bonchev–Trinajstić information content (AvgIpc) is 3.72. The zero-order valence-electron chi connectivity index (χ0n) is 24.0. The van der Waals surface area contributed by atoms with E-state index in [1.54, 1.807) is 13.8 Å². The van der Waals surface area contributed by atoms with E-state index in [-0.39, 0.29) is 61.4 Å². The third-order valence-electron chi connectivity index (χ3n) is 7.70. The van der Waals surface area contributed by atoms with Gasteiger partial charge in [0.15, 0.2) is 11.6 Å². The number of nitrogens with one attached hydrogen (secondary N) is 2. The second-order valence-corrected chi connectivity index (χ2v) is 11.2. The molecule has 0 spiro atoms. The van der Waals surface area contributed by atoms with E-state index in [0.717, 1.165) is 11.6 Å². The molecule has 226 valence electrons. The molecule has 2 aliphatic rings. The highest BCUT2D eigenvalue weighted by molar-refractivity contribution is 5.98. The summed E-state index contributed by atoms with van der Waals surface area (Å²) in [6.07, 6.45) is -0.0349. The van der Waals surface area contributed by atoms with Crippen molar-refractivity contribution in [1.82, 2.24) is 15.5 Å². The van der Waals surface area contributed by atoms with Gasteiger partial charge in [0, 0.05) is 31.5 Å². The van der Waals surface area contributed by atoms with Crippen molar-refractivity contribution in [3.05, 3.63) is 59.7 Å². The summed E-state index contributed by atoms with van der Waals surface area (Å²) in [7, 11) is 0. The minimum atomic E-state index is -0.980. The Morgan fingerprint density at radius 2 is 1.69 bits per heavy atom. The first-order valence-corrected chi connectivity index (χ1v) is 14.2. The fraction of sp³-hybridized carbons (Fsp3) is 0.484. The van der Waals surface area contributed by atoms with Crippen LogP contribution < -0.4 is 10.6 Å². The summed E-state index contributed by atoms with van der Waals surface area (Å²) in [6, 6.07) is 11.5. The Labute approximate surface area is 245 Å². The van der Waals surface area contributed by atoms with Gasteiger partial charge in [0.05, 0.1) is 38.4 Å². The second-order valence-electron chi connectivity index (χ2n) is 11.2. The fourth-order valence-corrected chi connectivity index (χ4v) is 4.97. The fourth-order valence-electron chi connectivity index (χ4n) is 4.97. The molecular weight excluding hydrogens is 542 g/mol. The molecule has 0 unspecified atom stereocenters. The van der Waals surface area contributed by atoms with Crippen molar-refractivity contribution in [1.29, 1.82) is 0 Å². The number of carbonyl (C=O) groups excluding carboxylic acids is 4. The minimum Gasteiger partial charge on any atom is -0.508 e. The number of morpholine rings is 1. The largest absolute Gasteiger partial charge is 0.508 e. The molecule has 2 heterocycles. The van der Waals surface area contributed by atoms with Crippen LogP contribution in [-0.4, -0.2) is 95.6 Å². The van der Waals surface area contributed by atoms with Gasteiger partial charge < -0.3 is 30.3 Å². The van der Waals surface area contributed by atoms with Crippen molar-refractivity contribution >= 4 is 23.4 Å². The number of rotatable bonds is 14. The summed E-state index contributed by atoms with van der Waals surface area (Å²) < 4.78 is 10.7. The standard InChI is InChI=1S/C31H39N3O8/c1-20(32-28(38)18-34-10-12-41-13-11-34)26(36)16-23(15-22-8-9-24(35)17-27(22)37)30(40)33-25(29(39)31(2)19-42-31)14-21-6-4-3-5-7-21/h3-9,17,20,23,25,35,37H,10-16,18-19H2,1-2H3,(H,32,38)(H,33,40)/t20-,23+,25-,31+/m0/s1. The summed E-state index contributed by atoms with van der Waals surface area (Å²) in [4.78, 5) is 54.8. The normalized spacial score (nSPS) is 20.6. The number of nitrogens with zero attached hydrogens (tertiary/aromatic N) is 1. The molecule has 11 nitrogen and oxygen atoms in total. The first-order valence-electron chi connectivity index (χ1n) is 14.2.